The second-order valence-corrected chi connectivity index (χ2v) is 7.32. The molecule has 0 aromatic carbocycles. The van der Waals surface area contributed by atoms with Crippen LogP contribution in [-0.2, 0) is 7.05 Å². The van der Waals surface area contributed by atoms with Crippen molar-refractivity contribution in [2.45, 2.75) is 19.4 Å². The van der Waals surface area contributed by atoms with Crippen molar-refractivity contribution in [1.29, 1.82) is 0 Å². The number of hydrogen-bond acceptors (Lipinski definition) is 5. The van der Waals surface area contributed by atoms with Gasteiger partial charge in [0.1, 0.15) is 0 Å². The number of anilines is 3. The van der Waals surface area contributed by atoms with Crippen molar-refractivity contribution in [3.05, 3.63) is 48.5 Å². The topological polar surface area (TPSA) is 79.2 Å². The lowest BCUT2D eigenvalue weighted by Gasteiger charge is -2.35. The van der Waals surface area contributed by atoms with Gasteiger partial charge in [-0.15, -0.1) is 0 Å². The van der Waals surface area contributed by atoms with Crippen molar-refractivity contribution in [2.75, 3.05) is 28.2 Å². The Morgan fingerprint density at radius 3 is 2.96 bits per heavy atom. The summed E-state index contributed by atoms with van der Waals surface area (Å²) < 4.78 is 1.67. The molecular formula is C20H21N7O. The molecule has 5 rings (SSSR count). The van der Waals surface area contributed by atoms with Crippen LogP contribution in [0.5, 0.6) is 0 Å². The monoisotopic (exact) mass is 375 g/mol. The molecule has 1 atom stereocenters. The van der Waals surface area contributed by atoms with Gasteiger partial charge in [-0.1, -0.05) is 0 Å². The van der Waals surface area contributed by atoms with Crippen molar-refractivity contribution in [3.63, 3.8) is 0 Å². The Morgan fingerprint density at radius 1 is 1.29 bits per heavy atom. The molecule has 142 valence electrons. The predicted molar refractivity (Wildman–Crippen MR) is 108 cm³/mol. The van der Waals surface area contributed by atoms with E-state index in [1.54, 1.807) is 23.3 Å². The minimum absolute atomic E-state index is 0.117. The minimum atomic E-state index is -0.170. The fourth-order valence-corrected chi connectivity index (χ4v) is 4.01. The van der Waals surface area contributed by atoms with Gasteiger partial charge in [0.25, 0.3) is 0 Å². The quantitative estimate of drug-likeness (QED) is 0.745. The number of urea groups is 1. The number of carbonyl (C=O) groups is 1. The molecule has 8 nitrogen and oxygen atoms in total. The number of nitrogens with one attached hydrogen (secondary N) is 1. The first kappa shape index (κ1) is 16.7. The molecule has 3 aromatic rings. The summed E-state index contributed by atoms with van der Waals surface area (Å²) in [4.78, 5) is 26.4. The number of rotatable bonds is 2. The molecular weight excluding hydrogens is 354 g/mol. The molecule has 0 saturated carbocycles. The van der Waals surface area contributed by atoms with Crippen LogP contribution in [0.15, 0.2) is 42.9 Å². The van der Waals surface area contributed by atoms with E-state index in [1.165, 1.54) is 0 Å². The third-order valence-corrected chi connectivity index (χ3v) is 5.32. The molecule has 2 aliphatic rings. The first-order valence-electron chi connectivity index (χ1n) is 9.36. The molecule has 5 heterocycles. The van der Waals surface area contributed by atoms with E-state index in [2.05, 4.69) is 26.4 Å². The van der Waals surface area contributed by atoms with E-state index in [1.807, 2.05) is 37.1 Å². The number of hydrogen-bond donors (Lipinski definition) is 1. The van der Waals surface area contributed by atoms with Gasteiger partial charge in [0.2, 0.25) is 0 Å². The zero-order valence-electron chi connectivity index (χ0n) is 15.8. The van der Waals surface area contributed by atoms with Crippen LogP contribution in [0.4, 0.5) is 22.0 Å². The summed E-state index contributed by atoms with van der Waals surface area (Å²) in [6.45, 7) is 3.73. The zero-order valence-corrected chi connectivity index (χ0v) is 15.8. The van der Waals surface area contributed by atoms with Gasteiger partial charge in [0, 0.05) is 43.8 Å². The van der Waals surface area contributed by atoms with Crippen LogP contribution >= 0.6 is 0 Å². The van der Waals surface area contributed by atoms with E-state index in [0.29, 0.717) is 11.5 Å². The first-order chi connectivity index (χ1) is 13.6. The molecule has 2 bridgehead atoms. The number of aryl methyl sites for hydroxylation is 2. The smallest absolute Gasteiger partial charge is 0.327 e. The Bertz CT molecular complexity index is 1060. The van der Waals surface area contributed by atoms with Gasteiger partial charge in [0.15, 0.2) is 5.82 Å². The fraction of sp³-hybridized carbons (Fsp3) is 0.300. The highest BCUT2D eigenvalue weighted by molar-refractivity contribution is 6.04. The molecule has 0 radical (unpaired) electrons. The van der Waals surface area contributed by atoms with Crippen molar-refractivity contribution < 1.29 is 4.79 Å². The van der Waals surface area contributed by atoms with Crippen LogP contribution in [0.25, 0.3) is 11.3 Å². The highest BCUT2D eigenvalue weighted by atomic mass is 16.2. The Balaban J connectivity index is 1.54. The van der Waals surface area contributed by atoms with E-state index in [0.717, 1.165) is 42.1 Å². The lowest BCUT2D eigenvalue weighted by molar-refractivity contribution is 0.255. The first-order valence-corrected chi connectivity index (χ1v) is 9.36. The summed E-state index contributed by atoms with van der Waals surface area (Å²) in [6.07, 6.45) is 6.15. The molecule has 0 unspecified atom stereocenters. The van der Waals surface area contributed by atoms with E-state index in [9.17, 15) is 4.79 Å². The summed E-state index contributed by atoms with van der Waals surface area (Å²) in [6, 6.07) is 7.98. The third kappa shape index (κ3) is 2.77. The SMILES string of the molecule is Cc1cc(-c2ccc3c(n2)N(C(=O)Nc2cnn(C)c2)[C@H]2CCN3C2)ccn1. The lowest BCUT2D eigenvalue weighted by Crippen LogP contribution is -2.48. The maximum absolute atomic E-state index is 13.1. The van der Waals surface area contributed by atoms with Gasteiger partial charge in [0.05, 0.1) is 29.3 Å². The Hall–Kier alpha value is -3.42. The van der Waals surface area contributed by atoms with Crippen LogP contribution in [0.2, 0.25) is 0 Å². The van der Waals surface area contributed by atoms with Gasteiger partial charge in [-0.3, -0.25) is 14.6 Å². The van der Waals surface area contributed by atoms with E-state index in [4.69, 9.17) is 4.98 Å². The molecule has 2 aliphatic heterocycles. The Morgan fingerprint density at radius 2 is 2.18 bits per heavy atom. The number of carbonyl (C=O) groups excluding carboxylic acids is 1. The van der Waals surface area contributed by atoms with E-state index >= 15 is 0 Å². The average Bonchev–Trinajstić information content (AvgIpc) is 3.28. The Kier molecular flexibility index (Phi) is 3.78. The second kappa shape index (κ2) is 6.33. The molecule has 2 amide bonds. The predicted octanol–water partition coefficient (Wildman–Crippen LogP) is 2.82. The Labute approximate surface area is 162 Å². The zero-order chi connectivity index (χ0) is 19.3. The molecule has 28 heavy (non-hydrogen) atoms. The molecule has 3 aromatic heterocycles. The molecule has 0 aliphatic carbocycles. The number of nitrogens with zero attached hydrogens (tertiary/aromatic N) is 6. The molecule has 8 heteroatoms. The number of fused-ring (bicyclic) bond motifs is 4. The molecule has 0 spiro atoms. The van der Waals surface area contributed by atoms with Crippen molar-refractivity contribution in [2.24, 2.45) is 7.05 Å². The number of aromatic nitrogens is 4. The minimum Gasteiger partial charge on any atom is -0.366 e. The van der Waals surface area contributed by atoms with Crippen molar-refractivity contribution in [3.8, 4) is 11.3 Å². The van der Waals surface area contributed by atoms with Gasteiger partial charge < -0.3 is 10.2 Å². The maximum atomic E-state index is 13.1. The summed E-state index contributed by atoms with van der Waals surface area (Å²) in [5.74, 6) is 0.710. The van der Waals surface area contributed by atoms with Gasteiger partial charge in [-0.2, -0.15) is 5.10 Å². The highest BCUT2D eigenvalue weighted by Gasteiger charge is 2.40. The third-order valence-electron chi connectivity index (χ3n) is 5.32. The lowest BCUT2D eigenvalue weighted by atomic mass is 10.1. The van der Waals surface area contributed by atoms with Crippen LogP contribution in [0.1, 0.15) is 12.1 Å². The van der Waals surface area contributed by atoms with Crippen molar-refractivity contribution >= 4 is 23.2 Å². The molecule has 1 saturated heterocycles. The highest BCUT2D eigenvalue weighted by Crippen LogP contribution is 2.40. The number of amides is 2. The van der Waals surface area contributed by atoms with Gasteiger partial charge >= 0.3 is 6.03 Å². The van der Waals surface area contributed by atoms with Gasteiger partial charge in [-0.25, -0.2) is 9.78 Å². The van der Waals surface area contributed by atoms with Crippen LogP contribution in [0, 0.1) is 6.92 Å². The average molecular weight is 375 g/mol. The fourth-order valence-electron chi connectivity index (χ4n) is 4.01. The summed E-state index contributed by atoms with van der Waals surface area (Å²) in [5.41, 5.74) is 4.45. The van der Waals surface area contributed by atoms with Crippen LogP contribution in [0.3, 0.4) is 0 Å². The second-order valence-electron chi connectivity index (χ2n) is 7.32. The van der Waals surface area contributed by atoms with Crippen LogP contribution < -0.4 is 15.1 Å². The standard InChI is InChI=1S/C20H21N7O/c1-13-9-14(5-7-21-13)17-3-4-18-19(24-17)27(16-6-8-26(18)12-16)20(28)23-15-10-22-25(2)11-15/h3-5,7,9-11,16H,6,8,12H2,1-2H3,(H,23,28)/t16-/m0/s1. The largest absolute Gasteiger partial charge is 0.366 e. The molecule has 1 N–H and O–H groups in total. The maximum Gasteiger partial charge on any atom is 0.327 e. The summed E-state index contributed by atoms with van der Waals surface area (Å²) in [5, 5.41) is 7.08. The summed E-state index contributed by atoms with van der Waals surface area (Å²) in [7, 11) is 1.82. The van der Waals surface area contributed by atoms with E-state index in [-0.39, 0.29) is 12.1 Å². The van der Waals surface area contributed by atoms with Crippen LogP contribution in [-0.4, -0.2) is 44.9 Å². The van der Waals surface area contributed by atoms with Crippen molar-refractivity contribution in [1.82, 2.24) is 19.7 Å². The summed E-state index contributed by atoms with van der Waals surface area (Å²) >= 11 is 0. The number of pyridine rings is 2. The molecule has 1 fully saturated rings. The van der Waals surface area contributed by atoms with Gasteiger partial charge in [-0.05, 0) is 37.6 Å². The normalized spacial score (nSPS) is 17.6. The van der Waals surface area contributed by atoms with E-state index < -0.39 is 0 Å².